The lowest BCUT2D eigenvalue weighted by atomic mass is 10.1. The molecule has 0 radical (unpaired) electrons. The predicted octanol–water partition coefficient (Wildman–Crippen LogP) is 3.31. The van der Waals surface area contributed by atoms with Crippen molar-refractivity contribution in [3.8, 4) is 0 Å². The molecule has 1 atom stereocenters. The van der Waals surface area contributed by atoms with E-state index >= 15 is 0 Å². The topological polar surface area (TPSA) is 66.9 Å². The molecule has 0 aliphatic rings. The van der Waals surface area contributed by atoms with Gasteiger partial charge in [0, 0.05) is 17.6 Å². The van der Waals surface area contributed by atoms with Crippen LogP contribution in [-0.4, -0.2) is 28.7 Å². The van der Waals surface area contributed by atoms with Gasteiger partial charge in [-0.15, -0.1) is 10.2 Å². The number of rotatable bonds is 7. The molecular formula is C17H21ClN4O. The van der Waals surface area contributed by atoms with Crippen LogP contribution in [0.4, 0.5) is 5.82 Å². The molecule has 1 heterocycles. The molecule has 2 aromatic rings. The number of anilines is 1. The molecule has 0 aliphatic carbocycles. The number of carbonyl (C=O) groups excluding carboxylic acids is 1. The van der Waals surface area contributed by atoms with Crippen molar-refractivity contribution < 1.29 is 4.79 Å². The van der Waals surface area contributed by atoms with Crippen LogP contribution in [-0.2, 0) is 6.42 Å². The Labute approximate surface area is 141 Å². The molecule has 0 saturated carbocycles. The summed E-state index contributed by atoms with van der Waals surface area (Å²) in [5.41, 5.74) is 1.43. The maximum atomic E-state index is 12.0. The Morgan fingerprint density at radius 1 is 1.17 bits per heavy atom. The Bertz CT molecular complexity index is 628. The van der Waals surface area contributed by atoms with Crippen LogP contribution in [0.3, 0.4) is 0 Å². The summed E-state index contributed by atoms with van der Waals surface area (Å²) in [5, 5.41) is 14.7. The summed E-state index contributed by atoms with van der Waals surface area (Å²) in [6, 6.07) is 11.3. The highest BCUT2D eigenvalue weighted by atomic mass is 35.5. The molecule has 2 rings (SSSR count). The molecule has 0 bridgehead atoms. The molecule has 0 fully saturated rings. The molecule has 23 heavy (non-hydrogen) atoms. The summed E-state index contributed by atoms with van der Waals surface area (Å²) in [5.74, 6) is 0.457. The summed E-state index contributed by atoms with van der Waals surface area (Å²) in [6.45, 7) is 4.70. The monoisotopic (exact) mass is 332 g/mol. The van der Waals surface area contributed by atoms with Crippen LogP contribution in [0.2, 0.25) is 5.02 Å². The third-order valence-corrected chi connectivity index (χ3v) is 3.77. The fourth-order valence-electron chi connectivity index (χ4n) is 1.95. The average molecular weight is 333 g/mol. The largest absolute Gasteiger partial charge is 0.366 e. The van der Waals surface area contributed by atoms with Gasteiger partial charge in [0.05, 0.1) is 0 Å². The first-order chi connectivity index (χ1) is 11.1. The van der Waals surface area contributed by atoms with Crippen molar-refractivity contribution in [1.29, 1.82) is 0 Å². The number of hydrogen-bond donors (Lipinski definition) is 2. The van der Waals surface area contributed by atoms with Crippen LogP contribution in [0, 0.1) is 0 Å². The van der Waals surface area contributed by atoms with Crippen molar-refractivity contribution in [3.05, 3.63) is 52.7 Å². The zero-order valence-electron chi connectivity index (χ0n) is 13.3. The van der Waals surface area contributed by atoms with E-state index < -0.39 is 0 Å². The van der Waals surface area contributed by atoms with Crippen LogP contribution in [0.25, 0.3) is 0 Å². The lowest BCUT2D eigenvalue weighted by Crippen LogP contribution is -2.27. The SMILES string of the molecule is CCC(C)Nc1ccc(C(=O)NCCc2ccc(Cl)cc2)nn1. The summed E-state index contributed by atoms with van der Waals surface area (Å²) in [6.07, 6.45) is 1.73. The van der Waals surface area contributed by atoms with E-state index in [0.29, 0.717) is 29.1 Å². The Kier molecular flexibility index (Phi) is 6.35. The lowest BCUT2D eigenvalue weighted by Gasteiger charge is -2.11. The van der Waals surface area contributed by atoms with Gasteiger partial charge in [-0.3, -0.25) is 4.79 Å². The third-order valence-electron chi connectivity index (χ3n) is 3.52. The zero-order chi connectivity index (χ0) is 16.7. The van der Waals surface area contributed by atoms with Gasteiger partial charge in [0.1, 0.15) is 5.82 Å². The second-order valence-corrected chi connectivity index (χ2v) is 5.83. The minimum absolute atomic E-state index is 0.221. The van der Waals surface area contributed by atoms with Crippen LogP contribution in [0.1, 0.15) is 36.3 Å². The van der Waals surface area contributed by atoms with Gasteiger partial charge in [0.25, 0.3) is 5.91 Å². The zero-order valence-corrected chi connectivity index (χ0v) is 14.1. The van der Waals surface area contributed by atoms with E-state index in [9.17, 15) is 4.79 Å². The minimum atomic E-state index is -0.221. The van der Waals surface area contributed by atoms with Crippen molar-refractivity contribution in [2.75, 3.05) is 11.9 Å². The summed E-state index contributed by atoms with van der Waals surface area (Å²) in [7, 11) is 0. The molecule has 2 N–H and O–H groups in total. The summed E-state index contributed by atoms with van der Waals surface area (Å²) < 4.78 is 0. The standard InChI is InChI=1S/C17H21ClN4O/c1-3-12(2)20-16-9-8-15(21-22-16)17(23)19-11-10-13-4-6-14(18)7-5-13/h4-9,12H,3,10-11H2,1-2H3,(H,19,23)(H,20,22). The smallest absolute Gasteiger partial charge is 0.271 e. The highest BCUT2D eigenvalue weighted by Gasteiger charge is 2.08. The number of amides is 1. The maximum Gasteiger partial charge on any atom is 0.271 e. The molecule has 1 aromatic carbocycles. The van der Waals surface area contributed by atoms with E-state index in [1.54, 1.807) is 12.1 Å². The van der Waals surface area contributed by atoms with E-state index in [1.807, 2.05) is 24.3 Å². The molecule has 1 unspecified atom stereocenters. The molecule has 1 amide bonds. The second-order valence-electron chi connectivity index (χ2n) is 5.39. The van der Waals surface area contributed by atoms with Gasteiger partial charge in [0.15, 0.2) is 5.69 Å². The molecule has 0 spiro atoms. The fourth-order valence-corrected chi connectivity index (χ4v) is 2.07. The van der Waals surface area contributed by atoms with Crippen LogP contribution in [0.5, 0.6) is 0 Å². The number of nitrogens with one attached hydrogen (secondary N) is 2. The Balaban J connectivity index is 1.82. The van der Waals surface area contributed by atoms with Gasteiger partial charge < -0.3 is 10.6 Å². The summed E-state index contributed by atoms with van der Waals surface area (Å²) >= 11 is 5.84. The fraction of sp³-hybridized carbons (Fsp3) is 0.353. The van der Waals surface area contributed by atoms with Crippen LogP contribution < -0.4 is 10.6 Å². The average Bonchev–Trinajstić information content (AvgIpc) is 2.57. The number of nitrogens with zero attached hydrogens (tertiary/aromatic N) is 2. The first-order valence-electron chi connectivity index (χ1n) is 7.71. The third kappa shape index (κ3) is 5.53. The van der Waals surface area contributed by atoms with Gasteiger partial charge in [-0.1, -0.05) is 30.7 Å². The highest BCUT2D eigenvalue weighted by Crippen LogP contribution is 2.09. The highest BCUT2D eigenvalue weighted by molar-refractivity contribution is 6.30. The lowest BCUT2D eigenvalue weighted by molar-refractivity contribution is 0.0948. The van der Waals surface area contributed by atoms with Crippen molar-refractivity contribution in [2.45, 2.75) is 32.7 Å². The predicted molar refractivity (Wildman–Crippen MR) is 92.9 cm³/mol. The minimum Gasteiger partial charge on any atom is -0.366 e. The van der Waals surface area contributed by atoms with E-state index in [-0.39, 0.29) is 5.91 Å². The molecule has 5 nitrogen and oxygen atoms in total. The number of carbonyl (C=O) groups is 1. The number of hydrogen-bond acceptors (Lipinski definition) is 4. The molecule has 1 aromatic heterocycles. The van der Waals surface area contributed by atoms with Crippen molar-refractivity contribution in [1.82, 2.24) is 15.5 Å². The van der Waals surface area contributed by atoms with Gasteiger partial charge in [-0.2, -0.15) is 0 Å². The normalized spacial score (nSPS) is 11.8. The van der Waals surface area contributed by atoms with Crippen molar-refractivity contribution in [3.63, 3.8) is 0 Å². The van der Waals surface area contributed by atoms with E-state index in [4.69, 9.17) is 11.6 Å². The molecule has 0 aliphatic heterocycles. The Morgan fingerprint density at radius 2 is 1.91 bits per heavy atom. The number of halogens is 1. The first kappa shape index (κ1) is 17.2. The maximum absolute atomic E-state index is 12.0. The Morgan fingerprint density at radius 3 is 2.52 bits per heavy atom. The molecule has 0 saturated heterocycles. The molecule has 122 valence electrons. The van der Waals surface area contributed by atoms with Gasteiger partial charge in [0.2, 0.25) is 0 Å². The molecule has 6 heteroatoms. The van der Waals surface area contributed by atoms with Gasteiger partial charge in [-0.25, -0.2) is 0 Å². The van der Waals surface area contributed by atoms with Crippen molar-refractivity contribution in [2.24, 2.45) is 0 Å². The van der Waals surface area contributed by atoms with E-state index in [1.165, 1.54) is 0 Å². The summed E-state index contributed by atoms with van der Waals surface area (Å²) in [4.78, 5) is 12.0. The number of aromatic nitrogens is 2. The van der Waals surface area contributed by atoms with Gasteiger partial charge >= 0.3 is 0 Å². The first-order valence-corrected chi connectivity index (χ1v) is 8.09. The van der Waals surface area contributed by atoms with Gasteiger partial charge in [-0.05, 0) is 49.6 Å². The second kappa shape index (κ2) is 8.48. The van der Waals surface area contributed by atoms with Crippen molar-refractivity contribution >= 4 is 23.3 Å². The molecular weight excluding hydrogens is 312 g/mol. The quantitative estimate of drug-likeness (QED) is 0.816. The van der Waals surface area contributed by atoms with E-state index in [0.717, 1.165) is 18.4 Å². The van der Waals surface area contributed by atoms with Crippen LogP contribution in [0.15, 0.2) is 36.4 Å². The van der Waals surface area contributed by atoms with Crippen LogP contribution >= 0.6 is 11.6 Å². The Hall–Kier alpha value is -2.14. The van der Waals surface area contributed by atoms with E-state index in [2.05, 4.69) is 34.7 Å². The number of benzene rings is 1.